The third kappa shape index (κ3) is 3.76. The van der Waals surface area contributed by atoms with Gasteiger partial charge in [-0.15, -0.1) is 0 Å². The Labute approximate surface area is 129 Å². The fourth-order valence-electron chi connectivity index (χ4n) is 2.46. The first-order valence-corrected chi connectivity index (χ1v) is 7.16. The monoisotopic (exact) mass is 302 g/mol. The third-order valence-corrected chi connectivity index (χ3v) is 3.64. The predicted molar refractivity (Wildman–Crippen MR) is 78.0 cm³/mol. The summed E-state index contributed by atoms with van der Waals surface area (Å²) in [6, 6.07) is 8.02. The summed E-state index contributed by atoms with van der Waals surface area (Å²) in [7, 11) is 1.33. The molecule has 0 saturated carbocycles. The summed E-state index contributed by atoms with van der Waals surface area (Å²) in [5, 5.41) is 8.73. The lowest BCUT2D eigenvalue weighted by atomic mass is 10.0. The van der Waals surface area contributed by atoms with Gasteiger partial charge in [0.05, 0.1) is 18.7 Å². The lowest BCUT2D eigenvalue weighted by molar-refractivity contribution is -0.155. The average molecular weight is 302 g/mol. The maximum absolute atomic E-state index is 12.3. The highest BCUT2D eigenvalue weighted by atomic mass is 16.5. The third-order valence-electron chi connectivity index (χ3n) is 3.64. The van der Waals surface area contributed by atoms with Crippen molar-refractivity contribution in [3.8, 4) is 11.8 Å². The van der Waals surface area contributed by atoms with Crippen LogP contribution in [-0.4, -0.2) is 43.1 Å². The molecule has 6 nitrogen and oxygen atoms in total. The molecule has 2 rings (SSSR count). The summed E-state index contributed by atoms with van der Waals surface area (Å²) < 4.78 is 10.2. The zero-order valence-electron chi connectivity index (χ0n) is 12.4. The van der Waals surface area contributed by atoms with Crippen molar-refractivity contribution in [1.29, 1.82) is 5.26 Å². The molecule has 1 saturated heterocycles. The number of rotatable bonds is 4. The number of likely N-dealkylation sites (tertiary alicyclic amines) is 1. The Morgan fingerprint density at radius 3 is 2.68 bits per heavy atom. The Hall–Kier alpha value is -2.55. The van der Waals surface area contributed by atoms with Gasteiger partial charge < -0.3 is 14.4 Å². The maximum Gasteiger partial charge on any atom is 0.328 e. The molecule has 1 fully saturated rings. The van der Waals surface area contributed by atoms with Crippen LogP contribution >= 0.6 is 0 Å². The van der Waals surface area contributed by atoms with E-state index in [4.69, 9.17) is 14.7 Å². The first kappa shape index (κ1) is 15.8. The smallest absolute Gasteiger partial charge is 0.328 e. The van der Waals surface area contributed by atoms with Gasteiger partial charge in [-0.05, 0) is 43.5 Å². The molecule has 22 heavy (non-hydrogen) atoms. The highest BCUT2D eigenvalue weighted by Gasteiger charge is 2.32. The zero-order chi connectivity index (χ0) is 15.9. The van der Waals surface area contributed by atoms with E-state index in [1.165, 1.54) is 12.0 Å². The van der Waals surface area contributed by atoms with Gasteiger partial charge in [-0.3, -0.25) is 4.79 Å². The molecule has 0 radical (unpaired) electrons. The zero-order valence-corrected chi connectivity index (χ0v) is 12.4. The summed E-state index contributed by atoms with van der Waals surface area (Å²) >= 11 is 0. The van der Waals surface area contributed by atoms with Crippen LogP contribution < -0.4 is 4.74 Å². The van der Waals surface area contributed by atoms with Crippen molar-refractivity contribution in [3.05, 3.63) is 29.8 Å². The molecule has 1 amide bonds. The van der Waals surface area contributed by atoms with E-state index < -0.39 is 6.04 Å². The van der Waals surface area contributed by atoms with Gasteiger partial charge in [0.15, 0.2) is 6.61 Å². The molecule has 0 aliphatic carbocycles. The molecule has 0 N–H and O–H groups in total. The Morgan fingerprint density at radius 1 is 1.32 bits per heavy atom. The largest absolute Gasteiger partial charge is 0.484 e. The number of hydrogen-bond acceptors (Lipinski definition) is 5. The standard InChI is InChI=1S/C16H18N2O4/c1-21-16(20)14-4-2-3-9-18(14)15(19)11-22-13-7-5-12(10-17)6-8-13/h5-8,14H,2-4,9,11H2,1H3. The van der Waals surface area contributed by atoms with Crippen LogP contribution in [0.5, 0.6) is 5.75 Å². The van der Waals surface area contributed by atoms with E-state index in [2.05, 4.69) is 0 Å². The molecule has 1 aliphatic heterocycles. The first-order chi connectivity index (χ1) is 10.7. The lowest BCUT2D eigenvalue weighted by Gasteiger charge is -2.33. The molecule has 0 aromatic heterocycles. The number of benzene rings is 1. The number of hydrogen-bond donors (Lipinski definition) is 0. The van der Waals surface area contributed by atoms with Crippen LogP contribution in [0.2, 0.25) is 0 Å². The minimum atomic E-state index is -0.518. The molecule has 116 valence electrons. The van der Waals surface area contributed by atoms with Crippen LogP contribution in [0.1, 0.15) is 24.8 Å². The Kier molecular flexibility index (Phi) is 5.37. The minimum absolute atomic E-state index is 0.139. The summed E-state index contributed by atoms with van der Waals surface area (Å²) in [5.41, 5.74) is 0.528. The fraction of sp³-hybridized carbons (Fsp3) is 0.438. The van der Waals surface area contributed by atoms with E-state index in [-0.39, 0.29) is 18.5 Å². The first-order valence-electron chi connectivity index (χ1n) is 7.16. The van der Waals surface area contributed by atoms with Crippen molar-refractivity contribution in [2.45, 2.75) is 25.3 Å². The van der Waals surface area contributed by atoms with Crippen LogP contribution in [0.25, 0.3) is 0 Å². The van der Waals surface area contributed by atoms with E-state index in [0.717, 1.165) is 12.8 Å². The number of piperidine rings is 1. The fourth-order valence-corrected chi connectivity index (χ4v) is 2.46. The Balaban J connectivity index is 1.94. The Morgan fingerprint density at radius 2 is 2.05 bits per heavy atom. The lowest BCUT2D eigenvalue weighted by Crippen LogP contribution is -2.50. The van der Waals surface area contributed by atoms with Crippen molar-refractivity contribution >= 4 is 11.9 Å². The molecule has 1 atom stereocenters. The highest BCUT2D eigenvalue weighted by molar-refractivity contribution is 5.85. The van der Waals surface area contributed by atoms with Gasteiger partial charge in [0, 0.05) is 6.54 Å². The summed E-state index contributed by atoms with van der Waals surface area (Å²) in [6.07, 6.45) is 2.39. The van der Waals surface area contributed by atoms with E-state index in [1.807, 2.05) is 6.07 Å². The van der Waals surface area contributed by atoms with Crippen molar-refractivity contribution in [1.82, 2.24) is 4.90 Å². The molecular formula is C16H18N2O4. The summed E-state index contributed by atoms with van der Waals surface area (Å²) in [5.74, 6) is -0.107. The molecular weight excluding hydrogens is 284 g/mol. The van der Waals surface area contributed by atoms with Crippen LogP contribution in [0.3, 0.4) is 0 Å². The number of nitriles is 1. The normalized spacial score (nSPS) is 17.5. The minimum Gasteiger partial charge on any atom is -0.484 e. The van der Waals surface area contributed by atoms with Crippen molar-refractivity contribution < 1.29 is 19.1 Å². The topological polar surface area (TPSA) is 79.6 Å². The van der Waals surface area contributed by atoms with E-state index >= 15 is 0 Å². The number of amides is 1. The van der Waals surface area contributed by atoms with Crippen LogP contribution in [0.15, 0.2) is 24.3 Å². The van der Waals surface area contributed by atoms with Gasteiger partial charge in [0.1, 0.15) is 11.8 Å². The average Bonchev–Trinajstić information content (AvgIpc) is 2.59. The number of carbonyl (C=O) groups excluding carboxylic acids is 2. The molecule has 1 aromatic rings. The molecule has 1 aromatic carbocycles. The number of nitrogens with zero attached hydrogens (tertiary/aromatic N) is 2. The van der Waals surface area contributed by atoms with Gasteiger partial charge in [-0.2, -0.15) is 5.26 Å². The maximum atomic E-state index is 12.3. The summed E-state index contributed by atoms with van der Waals surface area (Å²) in [4.78, 5) is 25.5. The van der Waals surface area contributed by atoms with Gasteiger partial charge in [0.25, 0.3) is 5.91 Å². The molecule has 0 bridgehead atoms. The number of methoxy groups -OCH3 is 1. The van der Waals surface area contributed by atoms with Crippen LogP contribution in [0, 0.1) is 11.3 Å². The SMILES string of the molecule is COC(=O)C1CCCCN1C(=O)COc1ccc(C#N)cc1. The van der Waals surface area contributed by atoms with Gasteiger partial charge in [-0.1, -0.05) is 0 Å². The number of ether oxygens (including phenoxy) is 2. The second-order valence-electron chi connectivity index (χ2n) is 5.05. The van der Waals surface area contributed by atoms with Crippen molar-refractivity contribution in [2.24, 2.45) is 0 Å². The quantitative estimate of drug-likeness (QED) is 0.787. The summed E-state index contributed by atoms with van der Waals surface area (Å²) in [6.45, 7) is 0.398. The number of esters is 1. The second-order valence-corrected chi connectivity index (χ2v) is 5.05. The van der Waals surface area contributed by atoms with E-state index in [0.29, 0.717) is 24.3 Å². The highest BCUT2D eigenvalue weighted by Crippen LogP contribution is 2.19. The molecule has 1 unspecified atom stereocenters. The predicted octanol–water partition coefficient (Wildman–Crippen LogP) is 1.49. The molecule has 1 aliphatic rings. The van der Waals surface area contributed by atoms with Crippen LogP contribution in [-0.2, 0) is 14.3 Å². The van der Waals surface area contributed by atoms with E-state index in [9.17, 15) is 9.59 Å². The second kappa shape index (κ2) is 7.46. The molecule has 6 heteroatoms. The van der Waals surface area contributed by atoms with Gasteiger partial charge in [-0.25, -0.2) is 4.79 Å². The number of carbonyl (C=O) groups is 2. The van der Waals surface area contributed by atoms with Gasteiger partial charge >= 0.3 is 5.97 Å². The van der Waals surface area contributed by atoms with Crippen LogP contribution in [0.4, 0.5) is 0 Å². The Bertz CT molecular complexity index is 577. The van der Waals surface area contributed by atoms with Crippen molar-refractivity contribution in [2.75, 3.05) is 20.3 Å². The molecule has 1 heterocycles. The van der Waals surface area contributed by atoms with Crippen molar-refractivity contribution in [3.63, 3.8) is 0 Å². The van der Waals surface area contributed by atoms with E-state index in [1.54, 1.807) is 24.3 Å². The molecule has 0 spiro atoms. The van der Waals surface area contributed by atoms with Gasteiger partial charge in [0.2, 0.25) is 0 Å².